The summed E-state index contributed by atoms with van der Waals surface area (Å²) in [6, 6.07) is 12.2. The van der Waals surface area contributed by atoms with Crippen molar-refractivity contribution in [2.45, 2.75) is 51.0 Å². The Morgan fingerprint density at radius 2 is 1.84 bits per heavy atom. The third-order valence-corrected chi connectivity index (χ3v) is 8.31. The molecule has 0 radical (unpaired) electrons. The van der Waals surface area contributed by atoms with E-state index in [2.05, 4.69) is 27.5 Å². The molecule has 1 amide bonds. The number of hydrogen-bond donors (Lipinski definition) is 1. The zero-order chi connectivity index (χ0) is 26.1. The number of esters is 1. The van der Waals surface area contributed by atoms with Gasteiger partial charge in [0.1, 0.15) is 5.75 Å². The first-order chi connectivity index (χ1) is 17.9. The molecule has 2 aliphatic rings. The van der Waals surface area contributed by atoms with Crippen molar-refractivity contribution in [3.8, 4) is 17.0 Å². The van der Waals surface area contributed by atoms with Crippen LogP contribution in [0.3, 0.4) is 0 Å². The summed E-state index contributed by atoms with van der Waals surface area (Å²) in [7, 11) is 6.89. The molecule has 7 nitrogen and oxygen atoms in total. The Labute approximate surface area is 222 Å². The Morgan fingerprint density at radius 1 is 1.05 bits per heavy atom. The normalized spacial score (nSPS) is 17.7. The summed E-state index contributed by atoms with van der Waals surface area (Å²) in [5.41, 5.74) is 6.35. The van der Waals surface area contributed by atoms with Gasteiger partial charge in [0.25, 0.3) is 5.91 Å². The first-order valence-corrected chi connectivity index (χ1v) is 13.7. The molecule has 8 heteroatoms. The Bertz CT molecular complexity index is 1330. The summed E-state index contributed by atoms with van der Waals surface area (Å²) in [5, 5.41) is 1.17. The van der Waals surface area contributed by atoms with E-state index in [-0.39, 0.29) is 17.8 Å². The van der Waals surface area contributed by atoms with Gasteiger partial charge in [0.05, 0.1) is 25.8 Å². The number of nitrogens with zero attached hydrogens (tertiary/aromatic N) is 2. The van der Waals surface area contributed by atoms with Crippen molar-refractivity contribution in [1.29, 1.82) is 0 Å². The smallest absolute Gasteiger partial charge is 0.310 e. The van der Waals surface area contributed by atoms with Crippen molar-refractivity contribution in [1.82, 2.24) is 13.6 Å². The Hall–Kier alpha value is -2.97. The average Bonchev–Trinajstić information content (AvgIpc) is 3.13. The molecular weight excluding hydrogens is 486 g/mol. The van der Waals surface area contributed by atoms with E-state index in [1.807, 2.05) is 36.6 Å². The van der Waals surface area contributed by atoms with E-state index in [4.69, 9.17) is 9.47 Å². The third kappa shape index (κ3) is 4.97. The van der Waals surface area contributed by atoms with Crippen LogP contribution in [0.15, 0.2) is 36.4 Å². The van der Waals surface area contributed by atoms with Crippen LogP contribution in [-0.4, -0.2) is 49.1 Å². The minimum atomic E-state index is -0.339. The van der Waals surface area contributed by atoms with E-state index >= 15 is 0 Å². The molecule has 5 rings (SSSR count). The second-order valence-electron chi connectivity index (χ2n) is 10.2. The summed E-state index contributed by atoms with van der Waals surface area (Å²) in [5.74, 6) is 0.524. The molecule has 1 aromatic heterocycles. The van der Waals surface area contributed by atoms with Crippen molar-refractivity contribution < 1.29 is 19.1 Å². The van der Waals surface area contributed by atoms with Gasteiger partial charge < -0.3 is 14.0 Å². The lowest BCUT2D eigenvalue weighted by Crippen LogP contribution is -2.23. The number of ether oxygens (including phenoxy) is 2. The molecule has 1 saturated carbocycles. The molecule has 1 fully saturated rings. The zero-order valence-electron chi connectivity index (χ0n) is 22.0. The molecule has 1 aliphatic heterocycles. The van der Waals surface area contributed by atoms with Crippen LogP contribution >= 0.6 is 12.1 Å². The van der Waals surface area contributed by atoms with E-state index in [0.29, 0.717) is 24.4 Å². The fourth-order valence-corrected chi connectivity index (χ4v) is 6.35. The van der Waals surface area contributed by atoms with Gasteiger partial charge in [-0.15, -0.1) is 0 Å². The van der Waals surface area contributed by atoms with Gasteiger partial charge in [0, 0.05) is 40.7 Å². The Morgan fingerprint density at radius 3 is 2.54 bits per heavy atom. The maximum atomic E-state index is 13.0. The second-order valence-corrected chi connectivity index (χ2v) is 11.3. The van der Waals surface area contributed by atoms with Crippen molar-refractivity contribution in [2.24, 2.45) is 5.92 Å². The number of amides is 1. The van der Waals surface area contributed by atoms with Crippen molar-refractivity contribution in [3.63, 3.8) is 0 Å². The number of hydrogen-bond acceptors (Lipinski definition) is 6. The molecule has 2 aromatic carbocycles. The maximum Gasteiger partial charge on any atom is 0.310 e. The number of carbonyl (C=O) groups is 2. The van der Waals surface area contributed by atoms with Gasteiger partial charge >= 0.3 is 5.97 Å². The number of fused-ring (bicyclic) bond motifs is 5. The minimum absolute atomic E-state index is 0.140. The summed E-state index contributed by atoms with van der Waals surface area (Å²) >= 11 is 1.26. The topological polar surface area (TPSA) is 72.8 Å². The Balaban J connectivity index is 1.75. The second kappa shape index (κ2) is 10.8. The number of nitrogens with one attached hydrogen (secondary N) is 1. The van der Waals surface area contributed by atoms with Gasteiger partial charge in [-0.25, -0.2) is 4.31 Å². The van der Waals surface area contributed by atoms with Crippen LogP contribution in [-0.2, 0) is 22.5 Å². The fraction of sp³-hybridized carbons (Fsp3) is 0.448. The maximum absolute atomic E-state index is 13.0. The molecule has 196 valence electrons. The van der Waals surface area contributed by atoms with Gasteiger partial charge in [-0.3, -0.25) is 14.3 Å². The van der Waals surface area contributed by atoms with E-state index in [1.54, 1.807) is 7.11 Å². The van der Waals surface area contributed by atoms with Gasteiger partial charge in [0.2, 0.25) is 0 Å². The van der Waals surface area contributed by atoms with Gasteiger partial charge in [-0.1, -0.05) is 25.3 Å². The highest BCUT2D eigenvalue weighted by atomic mass is 32.2. The predicted octanol–water partition coefficient (Wildman–Crippen LogP) is 5.56. The minimum Gasteiger partial charge on any atom is -0.497 e. The van der Waals surface area contributed by atoms with Crippen LogP contribution in [0, 0.1) is 5.92 Å². The number of carbonyl (C=O) groups excluding carboxylic acids is 2. The molecular formula is C29H35N3O4S. The van der Waals surface area contributed by atoms with Crippen molar-refractivity contribution >= 4 is 34.9 Å². The van der Waals surface area contributed by atoms with E-state index in [0.717, 1.165) is 35.2 Å². The summed E-state index contributed by atoms with van der Waals surface area (Å²) < 4.78 is 17.8. The van der Waals surface area contributed by atoms with Crippen LogP contribution in [0.25, 0.3) is 22.2 Å². The molecule has 1 aliphatic carbocycles. The molecule has 1 atom stereocenters. The lowest BCUT2D eigenvalue weighted by molar-refractivity contribution is -0.145. The molecule has 1 N–H and O–H groups in total. The number of aromatic nitrogens is 1. The SMILES string of the molecule is COC(=O)[C@H]1Cc2cc(OC)ccc2-c2c(C3CCCCC3)c3ccc(C(=O)NSN(C)C)cc3n2C1. The van der Waals surface area contributed by atoms with Crippen LogP contribution in [0.2, 0.25) is 0 Å². The average molecular weight is 522 g/mol. The van der Waals surface area contributed by atoms with Crippen molar-refractivity contribution in [3.05, 3.63) is 53.1 Å². The summed E-state index contributed by atoms with van der Waals surface area (Å²) in [6.45, 7) is 0.500. The highest BCUT2D eigenvalue weighted by Gasteiger charge is 2.33. The Kier molecular flexibility index (Phi) is 7.49. The lowest BCUT2D eigenvalue weighted by Gasteiger charge is -2.24. The van der Waals surface area contributed by atoms with Crippen molar-refractivity contribution in [2.75, 3.05) is 28.3 Å². The van der Waals surface area contributed by atoms with E-state index in [1.165, 1.54) is 55.1 Å². The third-order valence-electron chi connectivity index (χ3n) is 7.67. The standard InChI is InChI=1S/C29H35N3O4S/c1-31(2)37-30-28(33)19-10-12-24-25(16-19)32-17-21(29(34)36-4)14-20-15-22(35-3)11-13-23(20)27(32)26(24)18-8-6-5-7-9-18/h10-13,15-16,18,21H,5-9,14,17H2,1-4H3,(H,30,33)/t21-/m0/s1. The van der Waals surface area contributed by atoms with Gasteiger partial charge in [-0.2, -0.15) is 0 Å². The molecule has 37 heavy (non-hydrogen) atoms. The first-order valence-electron chi connectivity index (χ1n) is 13.0. The van der Waals surface area contributed by atoms with Crippen LogP contribution < -0.4 is 9.46 Å². The molecule has 0 spiro atoms. The number of rotatable bonds is 6. The van der Waals surface area contributed by atoms with Crippen LogP contribution in [0.5, 0.6) is 5.75 Å². The first kappa shape index (κ1) is 25.7. The van der Waals surface area contributed by atoms with E-state index in [9.17, 15) is 9.59 Å². The van der Waals surface area contributed by atoms with E-state index < -0.39 is 0 Å². The lowest BCUT2D eigenvalue weighted by atomic mass is 9.81. The fourth-order valence-electron chi connectivity index (χ4n) is 5.97. The van der Waals surface area contributed by atoms with Gasteiger partial charge in [-0.05, 0) is 80.7 Å². The quantitative estimate of drug-likeness (QED) is 0.338. The predicted molar refractivity (Wildman–Crippen MR) is 148 cm³/mol. The van der Waals surface area contributed by atoms with Crippen LogP contribution in [0.4, 0.5) is 0 Å². The van der Waals surface area contributed by atoms with Gasteiger partial charge in [0.15, 0.2) is 0 Å². The zero-order valence-corrected chi connectivity index (χ0v) is 22.8. The molecule has 0 unspecified atom stereocenters. The molecule has 0 bridgehead atoms. The molecule has 0 saturated heterocycles. The largest absolute Gasteiger partial charge is 0.497 e. The number of methoxy groups -OCH3 is 2. The summed E-state index contributed by atoms with van der Waals surface area (Å²) in [6.07, 6.45) is 6.60. The van der Waals surface area contributed by atoms with Crippen LogP contribution in [0.1, 0.15) is 59.5 Å². The highest BCUT2D eigenvalue weighted by Crippen LogP contribution is 2.47. The highest BCUT2D eigenvalue weighted by molar-refractivity contribution is 7.95. The number of benzene rings is 2. The molecule has 3 aromatic rings. The summed E-state index contributed by atoms with van der Waals surface area (Å²) in [4.78, 5) is 25.9. The molecule has 2 heterocycles. The monoisotopic (exact) mass is 521 g/mol.